The van der Waals surface area contributed by atoms with E-state index in [1.54, 1.807) is 11.8 Å². The summed E-state index contributed by atoms with van der Waals surface area (Å²) < 4.78 is 2.32. The van der Waals surface area contributed by atoms with Crippen LogP contribution in [0.15, 0.2) is 29.3 Å². The van der Waals surface area contributed by atoms with Crippen LogP contribution >= 0.6 is 23.5 Å². The van der Waals surface area contributed by atoms with Crippen molar-refractivity contribution in [3.63, 3.8) is 0 Å². The van der Waals surface area contributed by atoms with Crippen LogP contribution in [-0.2, 0) is 6.54 Å². The molecule has 2 N–H and O–H groups in total. The lowest BCUT2D eigenvalue weighted by atomic mass is 10.2. The van der Waals surface area contributed by atoms with Gasteiger partial charge in [0.1, 0.15) is 0 Å². The number of rotatable bonds is 6. The van der Waals surface area contributed by atoms with Gasteiger partial charge >= 0.3 is 0 Å². The predicted molar refractivity (Wildman–Crippen MR) is 85.7 cm³/mol. The number of hydrogen-bond donors (Lipinski definition) is 1. The molecule has 2 nitrogen and oxygen atoms in total. The summed E-state index contributed by atoms with van der Waals surface area (Å²) in [5.41, 5.74) is 8.09. The molecule has 0 unspecified atom stereocenters. The summed E-state index contributed by atoms with van der Waals surface area (Å²) in [5, 5.41) is 1.32. The summed E-state index contributed by atoms with van der Waals surface area (Å²) in [6, 6.07) is 6.35. The van der Waals surface area contributed by atoms with Gasteiger partial charge in [-0.3, -0.25) is 0 Å². The van der Waals surface area contributed by atoms with Gasteiger partial charge in [-0.15, -0.1) is 11.8 Å². The second-order valence-corrected chi connectivity index (χ2v) is 6.46. The fraction of sp³-hybridized carbons (Fsp3) is 0.429. The first-order valence-electron chi connectivity index (χ1n) is 6.26. The van der Waals surface area contributed by atoms with Crippen LogP contribution in [-0.4, -0.2) is 22.3 Å². The number of nitrogens with zero attached hydrogens (tertiary/aromatic N) is 1. The van der Waals surface area contributed by atoms with Gasteiger partial charge in [-0.2, -0.15) is 11.8 Å². The summed E-state index contributed by atoms with van der Waals surface area (Å²) in [6.45, 7) is 3.29. The van der Waals surface area contributed by atoms with Gasteiger partial charge in [-0.1, -0.05) is 6.92 Å². The highest BCUT2D eigenvalue weighted by Gasteiger charge is 2.06. The van der Waals surface area contributed by atoms with E-state index in [9.17, 15) is 0 Å². The maximum absolute atomic E-state index is 5.97. The highest BCUT2D eigenvalue weighted by Crippen LogP contribution is 2.30. The quantitative estimate of drug-likeness (QED) is 0.491. The standard InChI is InChI=1S/C14H20N2S2/c1-3-18-8-4-6-16-7-5-12-13(16)9-11(15)10-14(12)17-2/h5,7,9-10H,3-4,6,8,15H2,1-2H3. The van der Waals surface area contributed by atoms with Crippen LogP contribution in [0.3, 0.4) is 0 Å². The molecule has 1 aromatic heterocycles. The molecule has 2 aromatic rings. The van der Waals surface area contributed by atoms with Gasteiger partial charge in [0.25, 0.3) is 0 Å². The van der Waals surface area contributed by atoms with Crippen LogP contribution < -0.4 is 5.73 Å². The molecule has 0 amide bonds. The molecular weight excluding hydrogens is 260 g/mol. The number of nitrogen functional groups attached to an aromatic ring is 1. The SMILES string of the molecule is CCSCCCn1ccc2c(SC)cc(N)cc21. The second-order valence-electron chi connectivity index (χ2n) is 4.22. The van der Waals surface area contributed by atoms with E-state index in [0.717, 1.165) is 12.2 Å². The van der Waals surface area contributed by atoms with Crippen LogP contribution in [0.5, 0.6) is 0 Å². The molecule has 0 aliphatic heterocycles. The Labute approximate surface area is 117 Å². The molecule has 1 aromatic carbocycles. The smallest absolute Gasteiger partial charge is 0.0512 e. The van der Waals surface area contributed by atoms with Crippen molar-refractivity contribution in [2.75, 3.05) is 23.5 Å². The van der Waals surface area contributed by atoms with Crippen molar-refractivity contribution in [2.45, 2.75) is 24.8 Å². The zero-order valence-electron chi connectivity index (χ0n) is 11.0. The van der Waals surface area contributed by atoms with E-state index in [2.05, 4.69) is 42.1 Å². The summed E-state index contributed by atoms with van der Waals surface area (Å²) in [4.78, 5) is 1.27. The maximum atomic E-state index is 5.97. The molecule has 0 fully saturated rings. The monoisotopic (exact) mass is 280 g/mol. The van der Waals surface area contributed by atoms with Gasteiger partial charge in [0, 0.05) is 28.7 Å². The molecule has 2 rings (SSSR count). The lowest BCUT2D eigenvalue weighted by Gasteiger charge is -2.07. The highest BCUT2D eigenvalue weighted by atomic mass is 32.2. The molecule has 98 valence electrons. The first-order valence-corrected chi connectivity index (χ1v) is 8.64. The van der Waals surface area contributed by atoms with Crippen molar-refractivity contribution < 1.29 is 0 Å². The molecule has 0 saturated heterocycles. The van der Waals surface area contributed by atoms with Gasteiger partial charge in [0.15, 0.2) is 0 Å². The molecule has 0 bridgehead atoms. The number of nitrogens with two attached hydrogens (primary N) is 1. The van der Waals surface area contributed by atoms with E-state index in [1.807, 2.05) is 11.8 Å². The van der Waals surface area contributed by atoms with E-state index in [4.69, 9.17) is 5.73 Å². The number of aryl methyl sites for hydroxylation is 1. The third kappa shape index (κ3) is 2.98. The number of anilines is 1. The molecule has 0 aliphatic carbocycles. The minimum atomic E-state index is 0.856. The first-order chi connectivity index (χ1) is 8.76. The van der Waals surface area contributed by atoms with Gasteiger partial charge in [0.2, 0.25) is 0 Å². The summed E-state index contributed by atoms with van der Waals surface area (Å²) in [7, 11) is 0. The Hall–Kier alpha value is -0.740. The summed E-state index contributed by atoms with van der Waals surface area (Å²) in [6.07, 6.45) is 5.50. The lowest BCUT2D eigenvalue weighted by molar-refractivity contribution is 0.709. The Morgan fingerprint density at radius 2 is 2.17 bits per heavy atom. The molecule has 0 radical (unpaired) electrons. The third-order valence-corrected chi connectivity index (χ3v) is 4.75. The zero-order chi connectivity index (χ0) is 13.0. The number of hydrogen-bond acceptors (Lipinski definition) is 3. The second kappa shape index (κ2) is 6.43. The molecule has 0 aliphatic rings. The average molecular weight is 280 g/mol. The molecule has 1 heterocycles. The Kier molecular flexibility index (Phi) is 4.89. The van der Waals surface area contributed by atoms with Crippen LogP contribution in [0.2, 0.25) is 0 Å². The number of thioether (sulfide) groups is 2. The zero-order valence-corrected chi connectivity index (χ0v) is 12.6. The predicted octanol–water partition coefficient (Wildman–Crippen LogP) is 4.09. The Bertz CT molecular complexity index is 520. The fourth-order valence-corrected chi connectivity index (χ4v) is 3.40. The Morgan fingerprint density at radius 3 is 2.89 bits per heavy atom. The highest BCUT2D eigenvalue weighted by molar-refractivity contribution is 7.99. The van der Waals surface area contributed by atoms with Crippen LogP contribution in [0.1, 0.15) is 13.3 Å². The molecule has 18 heavy (non-hydrogen) atoms. The van der Waals surface area contributed by atoms with E-state index >= 15 is 0 Å². The van der Waals surface area contributed by atoms with Crippen LogP contribution in [0.25, 0.3) is 10.9 Å². The number of aromatic nitrogens is 1. The van der Waals surface area contributed by atoms with Gasteiger partial charge in [-0.25, -0.2) is 0 Å². The van der Waals surface area contributed by atoms with E-state index in [0.29, 0.717) is 0 Å². The van der Waals surface area contributed by atoms with Gasteiger partial charge in [0.05, 0.1) is 5.52 Å². The van der Waals surface area contributed by atoms with Gasteiger partial charge < -0.3 is 10.3 Å². The van der Waals surface area contributed by atoms with E-state index in [1.165, 1.54) is 33.7 Å². The molecule has 0 spiro atoms. The van der Waals surface area contributed by atoms with Crippen molar-refractivity contribution in [1.29, 1.82) is 0 Å². The summed E-state index contributed by atoms with van der Waals surface area (Å²) in [5.74, 6) is 2.43. The molecule has 0 saturated carbocycles. The first kappa shape index (κ1) is 13.7. The van der Waals surface area contributed by atoms with E-state index in [-0.39, 0.29) is 0 Å². The molecule has 0 atom stereocenters. The average Bonchev–Trinajstić information content (AvgIpc) is 2.77. The van der Waals surface area contributed by atoms with Crippen LogP contribution in [0, 0.1) is 0 Å². The minimum absolute atomic E-state index is 0.856. The lowest BCUT2D eigenvalue weighted by Crippen LogP contribution is -1.98. The molecular formula is C14H20N2S2. The van der Waals surface area contributed by atoms with Crippen LogP contribution in [0.4, 0.5) is 5.69 Å². The van der Waals surface area contributed by atoms with Crippen molar-refractivity contribution in [1.82, 2.24) is 4.57 Å². The number of benzene rings is 1. The van der Waals surface area contributed by atoms with Gasteiger partial charge in [-0.05, 0) is 42.4 Å². The molecule has 4 heteroatoms. The maximum Gasteiger partial charge on any atom is 0.0512 e. The fourth-order valence-electron chi connectivity index (χ4n) is 2.13. The van der Waals surface area contributed by atoms with E-state index < -0.39 is 0 Å². The Morgan fingerprint density at radius 1 is 1.33 bits per heavy atom. The Balaban J connectivity index is 2.21. The summed E-state index contributed by atoms with van der Waals surface area (Å²) >= 11 is 3.76. The third-order valence-electron chi connectivity index (χ3n) is 2.98. The van der Waals surface area contributed by atoms with Crippen molar-refractivity contribution in [2.24, 2.45) is 0 Å². The normalized spacial score (nSPS) is 11.2. The van der Waals surface area contributed by atoms with Crippen molar-refractivity contribution in [3.05, 3.63) is 24.4 Å². The number of fused-ring (bicyclic) bond motifs is 1. The van der Waals surface area contributed by atoms with Crippen molar-refractivity contribution in [3.8, 4) is 0 Å². The minimum Gasteiger partial charge on any atom is -0.399 e. The van der Waals surface area contributed by atoms with Crippen molar-refractivity contribution >= 4 is 40.1 Å². The topological polar surface area (TPSA) is 30.9 Å². The largest absolute Gasteiger partial charge is 0.399 e.